The van der Waals surface area contributed by atoms with Crippen molar-refractivity contribution in [1.82, 2.24) is 5.32 Å². The van der Waals surface area contributed by atoms with E-state index in [0.29, 0.717) is 0 Å². The maximum absolute atomic E-state index is 11.6. The van der Waals surface area contributed by atoms with Gasteiger partial charge in [0.25, 0.3) is 12.2 Å². The molecule has 2 saturated carbocycles. The van der Waals surface area contributed by atoms with E-state index in [1.54, 1.807) is 6.26 Å². The molecule has 33 heavy (non-hydrogen) atoms. The second kappa shape index (κ2) is 14.0. The molecule has 4 rings (SSSR count). The lowest BCUT2D eigenvalue weighted by Crippen LogP contribution is -2.43. The van der Waals surface area contributed by atoms with E-state index >= 15 is 0 Å². The van der Waals surface area contributed by atoms with Gasteiger partial charge in [0.1, 0.15) is 19.3 Å². The number of nitrogens with zero attached hydrogens (tertiary/aromatic N) is 1. The van der Waals surface area contributed by atoms with Gasteiger partial charge in [-0.05, 0) is 38.5 Å². The monoisotopic (exact) mass is 470 g/mol. The van der Waals surface area contributed by atoms with Crippen molar-refractivity contribution in [1.29, 1.82) is 5.26 Å². The molecule has 0 aromatic carbocycles. The third-order valence-corrected chi connectivity index (χ3v) is 5.47. The summed E-state index contributed by atoms with van der Waals surface area (Å²) in [5, 5.41) is 19.2. The highest BCUT2D eigenvalue weighted by molar-refractivity contribution is 5.84. The number of carboxylic acid groups (broad SMARTS) is 1. The summed E-state index contributed by atoms with van der Waals surface area (Å²) in [6.45, 7) is -0.147. The molecule has 0 radical (unpaired) electrons. The van der Waals surface area contributed by atoms with Crippen LogP contribution in [-0.2, 0) is 33.3 Å². The van der Waals surface area contributed by atoms with Gasteiger partial charge in [-0.15, -0.1) is 0 Å². The molecule has 2 saturated heterocycles. The number of ether oxygens (including phenoxy) is 5. The minimum absolute atomic E-state index is 0.0391. The molecule has 2 N–H and O–H groups in total. The van der Waals surface area contributed by atoms with Crippen molar-refractivity contribution >= 4 is 24.2 Å². The molecule has 1 amide bonds. The largest absolute Gasteiger partial charge is 0.509 e. The normalized spacial score (nSPS) is 24.7. The van der Waals surface area contributed by atoms with Crippen molar-refractivity contribution < 1.29 is 48.0 Å². The smallest absolute Gasteiger partial charge is 0.478 e. The van der Waals surface area contributed by atoms with Crippen LogP contribution in [0.15, 0.2) is 0 Å². The lowest BCUT2D eigenvalue weighted by atomic mass is 9.95. The quantitative estimate of drug-likeness (QED) is 0.456. The van der Waals surface area contributed by atoms with Gasteiger partial charge in [0, 0.05) is 6.04 Å². The average molecular weight is 470 g/mol. The van der Waals surface area contributed by atoms with Gasteiger partial charge in [0.2, 0.25) is 12.2 Å². The summed E-state index contributed by atoms with van der Waals surface area (Å²) < 4.78 is 22.4. The number of rotatable bonds is 4. The molecule has 12 nitrogen and oxygen atoms in total. The van der Waals surface area contributed by atoms with Crippen LogP contribution in [0, 0.1) is 11.5 Å². The highest BCUT2D eigenvalue weighted by Gasteiger charge is 2.33. The number of carboxylic acids is 1. The molecule has 2 unspecified atom stereocenters. The number of cyclic esters (lactones) is 4. The number of carbonyl (C=O) groups excluding carboxylic acids is 3. The Kier molecular flexibility index (Phi) is 11.1. The summed E-state index contributed by atoms with van der Waals surface area (Å²) in [7, 11) is 0. The van der Waals surface area contributed by atoms with E-state index in [9.17, 15) is 19.2 Å². The number of carbonyl (C=O) groups is 4. The van der Waals surface area contributed by atoms with E-state index in [2.05, 4.69) is 19.5 Å². The van der Waals surface area contributed by atoms with Crippen LogP contribution in [0.2, 0.25) is 0 Å². The molecule has 2 atom stereocenters. The topological polar surface area (TPSA) is 170 Å². The number of nitriles is 1. The van der Waals surface area contributed by atoms with E-state index in [-0.39, 0.29) is 31.3 Å². The van der Waals surface area contributed by atoms with Gasteiger partial charge in [-0.1, -0.05) is 25.7 Å². The zero-order valence-corrected chi connectivity index (χ0v) is 18.4. The standard InChI is InChI=1S/C10H15NO4.C7H11NO.C4H4O5/c12-9(8-6-14-10(13)15-8)11-7-4-2-1-3-5-7;8-6-9-7-4-2-1-3-5-7;5-3(6)2-1-8-4(7)9-2/h7-8H,1-6H2,(H,11,12);7H,1-5H2;2H,1H2,(H,5,6). The van der Waals surface area contributed by atoms with Gasteiger partial charge >= 0.3 is 18.3 Å². The van der Waals surface area contributed by atoms with Crippen LogP contribution in [-0.4, -0.2) is 66.9 Å². The number of nitrogens with one attached hydrogen (secondary N) is 1. The first-order valence-corrected chi connectivity index (χ1v) is 11.1. The number of amides is 1. The molecule has 12 heteroatoms. The SMILES string of the molecule is N#COC1CCCCC1.O=C1OCC(C(=O)NC2CCCCC2)O1.O=C1OCC(C(=O)O)O1. The van der Waals surface area contributed by atoms with E-state index in [4.69, 9.17) is 19.8 Å². The van der Waals surface area contributed by atoms with Gasteiger partial charge in [-0.25, -0.2) is 14.4 Å². The van der Waals surface area contributed by atoms with Crippen molar-refractivity contribution in [2.75, 3.05) is 13.2 Å². The van der Waals surface area contributed by atoms with Crippen LogP contribution in [0.1, 0.15) is 64.2 Å². The molecule has 0 spiro atoms. The van der Waals surface area contributed by atoms with Gasteiger partial charge < -0.3 is 34.1 Å². The van der Waals surface area contributed by atoms with Crippen molar-refractivity contribution in [2.24, 2.45) is 0 Å². The highest BCUT2D eigenvalue weighted by atomic mass is 16.8. The molecule has 0 aromatic heterocycles. The Hall–Kier alpha value is -3.23. The number of hydrogen-bond donors (Lipinski definition) is 2. The van der Waals surface area contributed by atoms with Gasteiger partial charge in [-0.3, -0.25) is 4.79 Å². The zero-order valence-electron chi connectivity index (χ0n) is 18.4. The summed E-state index contributed by atoms with van der Waals surface area (Å²) in [6.07, 6.45) is 9.97. The van der Waals surface area contributed by atoms with Crippen LogP contribution >= 0.6 is 0 Å². The van der Waals surface area contributed by atoms with Crippen LogP contribution in [0.3, 0.4) is 0 Å². The first-order valence-electron chi connectivity index (χ1n) is 11.1. The first-order chi connectivity index (χ1) is 15.9. The number of aliphatic carboxylic acids is 1. The fourth-order valence-corrected chi connectivity index (χ4v) is 3.71. The number of hydrogen-bond acceptors (Lipinski definition) is 10. The first kappa shape index (κ1) is 26.0. The van der Waals surface area contributed by atoms with Crippen molar-refractivity contribution in [3.05, 3.63) is 0 Å². The molecular weight excluding hydrogens is 440 g/mol. The van der Waals surface area contributed by atoms with Crippen LogP contribution < -0.4 is 5.32 Å². The second-order valence-corrected chi connectivity index (χ2v) is 7.99. The van der Waals surface area contributed by atoms with E-state index in [1.165, 1.54) is 25.7 Å². The summed E-state index contributed by atoms with van der Waals surface area (Å²) in [4.78, 5) is 42.3. The lowest BCUT2D eigenvalue weighted by Gasteiger charge is -2.23. The summed E-state index contributed by atoms with van der Waals surface area (Å²) in [5.41, 5.74) is 0. The van der Waals surface area contributed by atoms with Crippen LogP contribution in [0.5, 0.6) is 0 Å². The van der Waals surface area contributed by atoms with Crippen molar-refractivity contribution in [3.63, 3.8) is 0 Å². The molecular formula is C21H30N2O10. The Morgan fingerprint density at radius 3 is 1.82 bits per heavy atom. The van der Waals surface area contributed by atoms with Crippen LogP contribution in [0.25, 0.3) is 0 Å². The van der Waals surface area contributed by atoms with Gasteiger partial charge in [0.15, 0.2) is 0 Å². The van der Waals surface area contributed by atoms with Crippen molar-refractivity contribution in [3.8, 4) is 6.26 Å². The maximum atomic E-state index is 11.6. The fraction of sp³-hybridized carbons (Fsp3) is 0.762. The van der Waals surface area contributed by atoms with Gasteiger partial charge in [0.05, 0.1) is 0 Å². The predicted molar refractivity (Wildman–Crippen MR) is 109 cm³/mol. The molecule has 184 valence electrons. The third-order valence-electron chi connectivity index (χ3n) is 5.47. The molecule has 2 heterocycles. The predicted octanol–water partition coefficient (Wildman–Crippen LogP) is 2.39. The molecule has 0 aromatic rings. The van der Waals surface area contributed by atoms with Crippen LogP contribution in [0.4, 0.5) is 9.59 Å². The molecule has 4 fully saturated rings. The lowest BCUT2D eigenvalue weighted by molar-refractivity contribution is -0.144. The Balaban J connectivity index is 0.000000186. The zero-order chi connectivity index (χ0) is 24.1. The Morgan fingerprint density at radius 1 is 0.879 bits per heavy atom. The van der Waals surface area contributed by atoms with E-state index in [0.717, 1.165) is 38.5 Å². The van der Waals surface area contributed by atoms with E-state index in [1.807, 2.05) is 0 Å². The molecule has 4 aliphatic rings. The summed E-state index contributed by atoms with van der Waals surface area (Å²) >= 11 is 0. The van der Waals surface area contributed by atoms with E-state index < -0.39 is 30.5 Å². The Labute approximate surface area is 191 Å². The molecule has 2 aliphatic carbocycles. The Morgan fingerprint density at radius 2 is 1.39 bits per heavy atom. The minimum Gasteiger partial charge on any atom is -0.478 e. The second-order valence-electron chi connectivity index (χ2n) is 7.99. The maximum Gasteiger partial charge on any atom is 0.509 e. The molecule has 0 bridgehead atoms. The molecule has 2 aliphatic heterocycles. The summed E-state index contributed by atoms with van der Waals surface area (Å²) in [6, 6.07) is 0.241. The average Bonchev–Trinajstić information content (AvgIpc) is 3.45. The van der Waals surface area contributed by atoms with Crippen molar-refractivity contribution in [2.45, 2.75) is 88.6 Å². The Bertz CT molecular complexity index is 710. The fourth-order valence-electron chi connectivity index (χ4n) is 3.71. The summed E-state index contributed by atoms with van der Waals surface area (Å²) in [5.74, 6) is -1.41. The minimum atomic E-state index is -1.18. The third kappa shape index (κ3) is 9.84. The van der Waals surface area contributed by atoms with Gasteiger partial charge in [-0.2, -0.15) is 5.26 Å². The highest BCUT2D eigenvalue weighted by Crippen LogP contribution is 2.19.